The van der Waals surface area contributed by atoms with E-state index in [1.54, 1.807) is 6.07 Å². The Labute approximate surface area is 123 Å². The van der Waals surface area contributed by atoms with Gasteiger partial charge in [-0.1, -0.05) is 11.6 Å². The average molecular weight is 357 g/mol. The zero-order valence-electron chi connectivity index (χ0n) is 9.27. The maximum absolute atomic E-state index is 10.9. The SMILES string of the molecule is O=[N+]([O-])c1cc(Cl)cc(Br)c1OCCOCCS. The first-order valence-electron chi connectivity index (χ1n) is 5.01. The summed E-state index contributed by atoms with van der Waals surface area (Å²) in [4.78, 5) is 10.3. The van der Waals surface area contributed by atoms with Crippen LogP contribution < -0.4 is 4.74 Å². The zero-order chi connectivity index (χ0) is 13.5. The minimum atomic E-state index is -0.541. The number of hydrogen-bond acceptors (Lipinski definition) is 5. The smallest absolute Gasteiger partial charge is 0.313 e. The summed E-state index contributed by atoms with van der Waals surface area (Å²) >= 11 is 12.9. The van der Waals surface area contributed by atoms with E-state index in [2.05, 4.69) is 28.6 Å². The normalized spacial score (nSPS) is 10.4. The average Bonchev–Trinajstić information content (AvgIpc) is 2.30. The van der Waals surface area contributed by atoms with Crippen molar-refractivity contribution < 1.29 is 14.4 Å². The van der Waals surface area contributed by atoms with Crippen LogP contribution in [-0.2, 0) is 4.74 Å². The minimum Gasteiger partial charge on any atom is -0.484 e. The van der Waals surface area contributed by atoms with Crippen molar-refractivity contribution in [2.45, 2.75) is 0 Å². The van der Waals surface area contributed by atoms with E-state index in [4.69, 9.17) is 21.1 Å². The number of nitrogens with zero attached hydrogens (tertiary/aromatic N) is 1. The van der Waals surface area contributed by atoms with Crippen LogP contribution in [0.1, 0.15) is 0 Å². The van der Waals surface area contributed by atoms with Crippen molar-refractivity contribution in [1.82, 2.24) is 0 Å². The molecular formula is C10H11BrClNO4S. The molecule has 0 radical (unpaired) electrons. The van der Waals surface area contributed by atoms with Crippen LogP contribution >= 0.6 is 40.2 Å². The van der Waals surface area contributed by atoms with Crippen molar-refractivity contribution in [1.29, 1.82) is 0 Å². The van der Waals surface area contributed by atoms with Crippen molar-refractivity contribution in [3.8, 4) is 5.75 Å². The van der Waals surface area contributed by atoms with Gasteiger partial charge in [0.05, 0.1) is 22.6 Å². The second-order valence-corrected chi connectivity index (χ2v) is 4.92. The number of nitro benzene ring substituents is 1. The lowest BCUT2D eigenvalue weighted by Gasteiger charge is -2.09. The van der Waals surface area contributed by atoms with E-state index < -0.39 is 4.92 Å². The van der Waals surface area contributed by atoms with E-state index >= 15 is 0 Å². The van der Waals surface area contributed by atoms with E-state index in [1.165, 1.54) is 6.07 Å². The van der Waals surface area contributed by atoms with Gasteiger partial charge < -0.3 is 9.47 Å². The van der Waals surface area contributed by atoms with Gasteiger partial charge in [-0.3, -0.25) is 10.1 Å². The largest absolute Gasteiger partial charge is 0.484 e. The van der Waals surface area contributed by atoms with Crippen LogP contribution in [0.15, 0.2) is 16.6 Å². The Kier molecular flexibility index (Phi) is 6.77. The van der Waals surface area contributed by atoms with Gasteiger partial charge in [-0.15, -0.1) is 0 Å². The number of rotatable bonds is 7. The number of halogens is 2. The highest BCUT2D eigenvalue weighted by atomic mass is 79.9. The highest BCUT2D eigenvalue weighted by molar-refractivity contribution is 9.10. The molecule has 1 rings (SSSR count). The van der Waals surface area contributed by atoms with Crippen LogP contribution in [0, 0.1) is 10.1 Å². The summed E-state index contributed by atoms with van der Waals surface area (Å²) in [5.41, 5.74) is -0.177. The third-order valence-electron chi connectivity index (χ3n) is 1.90. The Hall–Kier alpha value is -0.500. The van der Waals surface area contributed by atoms with Crippen LogP contribution in [0.5, 0.6) is 5.75 Å². The molecule has 0 N–H and O–H groups in total. The molecule has 0 aliphatic heterocycles. The summed E-state index contributed by atoms with van der Waals surface area (Å²) in [5.74, 6) is 0.768. The second kappa shape index (κ2) is 7.83. The Balaban J connectivity index is 2.71. The molecular weight excluding hydrogens is 346 g/mol. The lowest BCUT2D eigenvalue weighted by atomic mass is 10.3. The van der Waals surface area contributed by atoms with Gasteiger partial charge in [-0.2, -0.15) is 12.6 Å². The van der Waals surface area contributed by atoms with Crippen LogP contribution in [0.25, 0.3) is 0 Å². The van der Waals surface area contributed by atoms with E-state index in [0.29, 0.717) is 23.4 Å². The van der Waals surface area contributed by atoms with Crippen LogP contribution in [0.4, 0.5) is 5.69 Å². The van der Waals surface area contributed by atoms with E-state index in [-0.39, 0.29) is 23.1 Å². The van der Waals surface area contributed by atoms with Gasteiger partial charge in [0.2, 0.25) is 5.75 Å². The molecule has 5 nitrogen and oxygen atoms in total. The molecule has 0 heterocycles. The number of thiol groups is 1. The molecule has 0 aromatic heterocycles. The maximum atomic E-state index is 10.9. The first-order chi connectivity index (χ1) is 8.56. The monoisotopic (exact) mass is 355 g/mol. The third-order valence-corrected chi connectivity index (χ3v) is 2.88. The Morgan fingerprint density at radius 1 is 1.39 bits per heavy atom. The molecule has 0 unspecified atom stereocenters. The first-order valence-corrected chi connectivity index (χ1v) is 6.81. The molecule has 0 amide bonds. The van der Waals surface area contributed by atoms with E-state index in [0.717, 1.165) is 0 Å². The molecule has 8 heteroatoms. The fraction of sp³-hybridized carbons (Fsp3) is 0.400. The summed E-state index contributed by atoms with van der Waals surface area (Å²) in [6.07, 6.45) is 0. The fourth-order valence-corrected chi connectivity index (χ4v) is 2.23. The number of ether oxygens (including phenoxy) is 2. The molecule has 1 aromatic carbocycles. The summed E-state index contributed by atoms with van der Waals surface area (Å²) in [6, 6.07) is 2.79. The van der Waals surface area contributed by atoms with E-state index in [9.17, 15) is 10.1 Å². The van der Waals surface area contributed by atoms with Crippen LogP contribution in [-0.4, -0.2) is 30.5 Å². The van der Waals surface area contributed by atoms with Crippen molar-refractivity contribution >= 4 is 45.8 Å². The third kappa shape index (κ3) is 4.64. The van der Waals surface area contributed by atoms with Crippen molar-refractivity contribution in [2.75, 3.05) is 25.6 Å². The predicted molar refractivity (Wildman–Crippen MR) is 76.0 cm³/mol. The zero-order valence-corrected chi connectivity index (χ0v) is 12.5. The van der Waals surface area contributed by atoms with Crippen LogP contribution in [0.3, 0.4) is 0 Å². The Bertz CT molecular complexity index is 433. The van der Waals surface area contributed by atoms with Gasteiger partial charge in [-0.25, -0.2) is 0 Å². The van der Waals surface area contributed by atoms with Crippen molar-refractivity contribution in [3.63, 3.8) is 0 Å². The first kappa shape index (κ1) is 15.6. The van der Waals surface area contributed by atoms with Crippen molar-refractivity contribution in [2.24, 2.45) is 0 Å². The van der Waals surface area contributed by atoms with Gasteiger partial charge in [0, 0.05) is 16.8 Å². The fourth-order valence-electron chi connectivity index (χ4n) is 1.19. The Morgan fingerprint density at radius 2 is 2.11 bits per heavy atom. The highest BCUT2D eigenvalue weighted by Crippen LogP contribution is 2.37. The van der Waals surface area contributed by atoms with Gasteiger partial charge in [-0.05, 0) is 22.0 Å². The number of benzene rings is 1. The topological polar surface area (TPSA) is 61.6 Å². The molecule has 0 spiro atoms. The molecule has 0 saturated heterocycles. The lowest BCUT2D eigenvalue weighted by Crippen LogP contribution is -2.09. The van der Waals surface area contributed by atoms with Crippen molar-refractivity contribution in [3.05, 3.63) is 31.7 Å². The number of nitro groups is 1. The molecule has 0 aliphatic rings. The Morgan fingerprint density at radius 3 is 2.72 bits per heavy atom. The highest BCUT2D eigenvalue weighted by Gasteiger charge is 2.19. The second-order valence-electron chi connectivity index (χ2n) is 3.18. The summed E-state index contributed by atoms with van der Waals surface area (Å²) in [6.45, 7) is 1.07. The molecule has 0 aliphatic carbocycles. The lowest BCUT2D eigenvalue weighted by molar-refractivity contribution is -0.386. The predicted octanol–water partition coefficient (Wildman–Crippen LogP) is 3.34. The standard InChI is InChI=1S/C10H11BrClNO4S/c11-8-5-7(12)6-9(13(14)15)10(8)17-2-1-16-3-4-18/h5-6,18H,1-4H2. The molecule has 100 valence electrons. The summed E-state index contributed by atoms with van der Waals surface area (Å²) in [7, 11) is 0. The quantitative estimate of drug-likeness (QED) is 0.352. The molecule has 0 fully saturated rings. The minimum absolute atomic E-state index is 0.152. The van der Waals surface area contributed by atoms with Gasteiger partial charge in [0.1, 0.15) is 6.61 Å². The van der Waals surface area contributed by atoms with Gasteiger partial charge >= 0.3 is 5.69 Å². The maximum Gasteiger partial charge on any atom is 0.313 e. The number of hydrogen-bond donors (Lipinski definition) is 1. The van der Waals surface area contributed by atoms with E-state index in [1.807, 2.05) is 0 Å². The summed E-state index contributed by atoms with van der Waals surface area (Å²) < 4.78 is 10.9. The van der Waals surface area contributed by atoms with Gasteiger partial charge in [0.25, 0.3) is 0 Å². The van der Waals surface area contributed by atoms with Crippen LogP contribution in [0.2, 0.25) is 5.02 Å². The molecule has 18 heavy (non-hydrogen) atoms. The molecule has 0 atom stereocenters. The molecule has 0 saturated carbocycles. The van der Waals surface area contributed by atoms with Gasteiger partial charge in [0.15, 0.2) is 0 Å². The molecule has 0 bridgehead atoms. The summed E-state index contributed by atoms with van der Waals surface area (Å²) in [5, 5.41) is 11.1. The molecule has 1 aromatic rings.